The van der Waals surface area contributed by atoms with E-state index in [0.717, 1.165) is 12.0 Å². The second kappa shape index (κ2) is 10.4. The predicted octanol–water partition coefficient (Wildman–Crippen LogP) is 3.90. The van der Waals surface area contributed by atoms with Crippen LogP contribution in [0.2, 0.25) is 0 Å². The number of carbonyl (C=O) groups is 1. The third-order valence-electron chi connectivity index (χ3n) is 3.85. The first-order valence-corrected chi connectivity index (χ1v) is 9.63. The number of hydrogen-bond acceptors (Lipinski definition) is 5. The van der Waals surface area contributed by atoms with Gasteiger partial charge in [0.05, 0.1) is 0 Å². The van der Waals surface area contributed by atoms with Crippen LogP contribution in [0.1, 0.15) is 35.1 Å². The van der Waals surface area contributed by atoms with Crippen molar-refractivity contribution in [2.24, 2.45) is 0 Å². The lowest BCUT2D eigenvalue weighted by atomic mass is 10.2. The maximum atomic E-state index is 13.1. The van der Waals surface area contributed by atoms with Crippen molar-refractivity contribution in [2.75, 3.05) is 13.2 Å². The molecule has 0 saturated carbocycles. The highest BCUT2D eigenvalue weighted by atomic mass is 32.1. The van der Waals surface area contributed by atoms with E-state index >= 15 is 0 Å². The second-order valence-corrected chi connectivity index (χ2v) is 7.77. The minimum atomic E-state index is -0.766. The van der Waals surface area contributed by atoms with Crippen molar-refractivity contribution in [1.82, 2.24) is 4.90 Å². The minimum Gasteiger partial charge on any atom is -0.463 e. The molecule has 0 aliphatic carbocycles. The SMILES string of the molecule is CCCC(=O)OCC(O)CN(Cc1ccc(F)cc1)Cc1ccc(C)s1. The lowest BCUT2D eigenvalue weighted by Gasteiger charge is -2.24. The quantitative estimate of drug-likeness (QED) is 0.636. The van der Waals surface area contributed by atoms with Gasteiger partial charge in [-0.05, 0) is 43.2 Å². The highest BCUT2D eigenvalue weighted by molar-refractivity contribution is 7.11. The Morgan fingerprint density at radius 3 is 2.58 bits per heavy atom. The van der Waals surface area contributed by atoms with E-state index in [-0.39, 0.29) is 18.4 Å². The van der Waals surface area contributed by atoms with E-state index in [4.69, 9.17) is 4.74 Å². The van der Waals surface area contributed by atoms with Crippen LogP contribution < -0.4 is 0 Å². The predicted molar refractivity (Wildman–Crippen MR) is 101 cm³/mol. The zero-order valence-electron chi connectivity index (χ0n) is 15.3. The van der Waals surface area contributed by atoms with Gasteiger partial charge < -0.3 is 9.84 Å². The monoisotopic (exact) mass is 379 g/mol. The summed E-state index contributed by atoms with van der Waals surface area (Å²) in [5.41, 5.74) is 0.967. The molecule has 1 N–H and O–H groups in total. The van der Waals surface area contributed by atoms with Crippen molar-refractivity contribution < 1.29 is 19.0 Å². The molecule has 1 unspecified atom stereocenters. The summed E-state index contributed by atoms with van der Waals surface area (Å²) in [4.78, 5) is 16.0. The Bertz CT molecular complexity index is 687. The molecule has 0 saturated heterocycles. The highest BCUT2D eigenvalue weighted by Gasteiger charge is 2.16. The lowest BCUT2D eigenvalue weighted by Crippen LogP contribution is -2.34. The molecular formula is C20H26FNO3S. The van der Waals surface area contributed by atoms with Gasteiger partial charge in [-0.3, -0.25) is 9.69 Å². The molecule has 1 aromatic heterocycles. The maximum absolute atomic E-state index is 13.1. The Hall–Kier alpha value is -1.76. The van der Waals surface area contributed by atoms with Gasteiger partial charge in [-0.25, -0.2) is 4.39 Å². The lowest BCUT2D eigenvalue weighted by molar-refractivity contribution is -0.147. The molecule has 1 atom stereocenters. The Balaban J connectivity index is 1.97. The topological polar surface area (TPSA) is 49.8 Å². The van der Waals surface area contributed by atoms with Gasteiger partial charge in [0.15, 0.2) is 0 Å². The number of carbonyl (C=O) groups excluding carboxylic acids is 1. The summed E-state index contributed by atoms with van der Waals surface area (Å²) in [6.07, 6.45) is 0.321. The smallest absolute Gasteiger partial charge is 0.305 e. The second-order valence-electron chi connectivity index (χ2n) is 6.40. The highest BCUT2D eigenvalue weighted by Crippen LogP contribution is 2.19. The van der Waals surface area contributed by atoms with Crippen molar-refractivity contribution in [1.29, 1.82) is 0 Å². The fourth-order valence-corrected chi connectivity index (χ4v) is 3.57. The third kappa shape index (κ3) is 7.23. The Kier molecular flexibility index (Phi) is 8.22. The molecule has 0 amide bonds. The van der Waals surface area contributed by atoms with Crippen molar-refractivity contribution >= 4 is 17.3 Å². The van der Waals surface area contributed by atoms with Crippen LogP contribution in [0.3, 0.4) is 0 Å². The Morgan fingerprint density at radius 1 is 1.23 bits per heavy atom. The summed E-state index contributed by atoms with van der Waals surface area (Å²) in [5, 5.41) is 10.3. The first-order chi connectivity index (χ1) is 12.5. The maximum Gasteiger partial charge on any atom is 0.305 e. The summed E-state index contributed by atoms with van der Waals surface area (Å²) in [6, 6.07) is 10.5. The van der Waals surface area contributed by atoms with Crippen molar-refractivity contribution in [3.8, 4) is 0 Å². The van der Waals surface area contributed by atoms with Crippen LogP contribution >= 0.6 is 11.3 Å². The number of thiophene rings is 1. The number of esters is 1. The van der Waals surface area contributed by atoms with Crippen LogP contribution in [0.15, 0.2) is 36.4 Å². The van der Waals surface area contributed by atoms with Crippen molar-refractivity contribution in [2.45, 2.75) is 45.9 Å². The molecule has 1 heterocycles. The molecule has 2 aromatic rings. The molecule has 2 rings (SSSR count). The first kappa shape index (κ1) is 20.6. The number of rotatable bonds is 10. The van der Waals surface area contributed by atoms with Crippen molar-refractivity contribution in [3.63, 3.8) is 0 Å². The summed E-state index contributed by atoms with van der Waals surface area (Å²) < 4.78 is 18.2. The first-order valence-electron chi connectivity index (χ1n) is 8.82. The zero-order chi connectivity index (χ0) is 18.9. The minimum absolute atomic E-state index is 0.0117. The van der Waals surface area contributed by atoms with E-state index in [9.17, 15) is 14.3 Å². The number of hydrogen-bond donors (Lipinski definition) is 1. The molecule has 0 fully saturated rings. The van der Waals surface area contributed by atoms with Crippen LogP contribution in [0.25, 0.3) is 0 Å². The molecule has 0 aliphatic heterocycles. The third-order valence-corrected chi connectivity index (χ3v) is 4.84. The summed E-state index contributed by atoms with van der Waals surface area (Å²) in [6.45, 7) is 5.58. The molecular weight excluding hydrogens is 353 g/mol. The molecule has 0 aliphatic rings. The summed E-state index contributed by atoms with van der Waals surface area (Å²) >= 11 is 1.71. The van der Waals surface area contributed by atoms with E-state index in [1.165, 1.54) is 21.9 Å². The fraction of sp³-hybridized carbons (Fsp3) is 0.450. The summed E-state index contributed by atoms with van der Waals surface area (Å²) in [5.74, 6) is -0.553. The van der Waals surface area contributed by atoms with E-state index in [1.54, 1.807) is 23.5 Å². The van der Waals surface area contributed by atoms with E-state index in [2.05, 4.69) is 24.0 Å². The van der Waals surface area contributed by atoms with Crippen LogP contribution in [-0.4, -0.2) is 35.2 Å². The van der Waals surface area contributed by atoms with Gasteiger partial charge in [-0.15, -0.1) is 11.3 Å². The van der Waals surface area contributed by atoms with E-state index in [0.29, 0.717) is 26.1 Å². The summed E-state index contributed by atoms with van der Waals surface area (Å²) in [7, 11) is 0. The number of benzene rings is 1. The van der Waals surface area contributed by atoms with Gasteiger partial charge in [-0.2, -0.15) is 0 Å². The number of nitrogens with zero attached hydrogens (tertiary/aromatic N) is 1. The number of aliphatic hydroxyl groups excluding tert-OH is 1. The van der Waals surface area contributed by atoms with Gasteiger partial charge in [0.1, 0.15) is 18.5 Å². The van der Waals surface area contributed by atoms with Gasteiger partial charge in [0, 0.05) is 35.8 Å². The van der Waals surface area contributed by atoms with Gasteiger partial charge in [0.2, 0.25) is 0 Å². The van der Waals surface area contributed by atoms with Gasteiger partial charge in [-0.1, -0.05) is 19.1 Å². The Morgan fingerprint density at radius 2 is 1.96 bits per heavy atom. The molecule has 4 nitrogen and oxygen atoms in total. The fourth-order valence-electron chi connectivity index (χ4n) is 2.64. The average Bonchev–Trinajstić information content (AvgIpc) is 3.00. The standard InChI is InChI=1S/C20H26FNO3S/c1-3-4-20(24)25-14-18(23)12-22(13-19-10-5-15(2)26-19)11-16-6-8-17(21)9-7-16/h5-10,18,23H,3-4,11-14H2,1-2H3. The van der Waals surface area contributed by atoms with Crippen LogP contribution in [-0.2, 0) is 22.6 Å². The van der Waals surface area contributed by atoms with Crippen LogP contribution in [0, 0.1) is 12.7 Å². The number of aryl methyl sites for hydroxylation is 1. The largest absolute Gasteiger partial charge is 0.463 e. The van der Waals surface area contributed by atoms with Crippen molar-refractivity contribution in [3.05, 3.63) is 57.5 Å². The molecule has 26 heavy (non-hydrogen) atoms. The Labute approximate surface area is 158 Å². The van der Waals surface area contributed by atoms with Gasteiger partial charge >= 0.3 is 5.97 Å². The van der Waals surface area contributed by atoms with Gasteiger partial charge in [0.25, 0.3) is 0 Å². The molecule has 1 aromatic carbocycles. The number of ether oxygens (including phenoxy) is 1. The van der Waals surface area contributed by atoms with E-state index < -0.39 is 6.10 Å². The van der Waals surface area contributed by atoms with Crippen LogP contribution in [0.4, 0.5) is 4.39 Å². The zero-order valence-corrected chi connectivity index (χ0v) is 16.1. The molecule has 0 spiro atoms. The van der Waals surface area contributed by atoms with Crippen LogP contribution in [0.5, 0.6) is 0 Å². The molecule has 142 valence electrons. The molecule has 6 heteroatoms. The average molecular weight is 379 g/mol. The number of halogens is 1. The molecule has 0 radical (unpaired) electrons. The van der Waals surface area contributed by atoms with E-state index in [1.807, 2.05) is 6.92 Å². The molecule has 0 bridgehead atoms. The normalized spacial score (nSPS) is 12.3. The number of aliphatic hydroxyl groups is 1.